The molecule has 2 aromatic rings. The third kappa shape index (κ3) is 3.94. The molecule has 0 spiro atoms. The molecule has 1 amide bonds. The predicted octanol–water partition coefficient (Wildman–Crippen LogP) is 4.68. The smallest absolute Gasteiger partial charge is 0.223 e. The second-order valence-corrected chi connectivity index (χ2v) is 6.58. The topological polar surface area (TPSA) is 29.1 Å². The fourth-order valence-electron chi connectivity index (χ4n) is 3.55. The molecule has 2 atom stereocenters. The van der Waals surface area contributed by atoms with Gasteiger partial charge in [0.15, 0.2) is 0 Å². The van der Waals surface area contributed by atoms with Crippen molar-refractivity contribution in [1.82, 2.24) is 5.32 Å². The van der Waals surface area contributed by atoms with Gasteiger partial charge in [0.2, 0.25) is 5.91 Å². The van der Waals surface area contributed by atoms with E-state index in [2.05, 4.69) is 72.9 Å². The highest BCUT2D eigenvalue weighted by Gasteiger charge is 2.26. The van der Waals surface area contributed by atoms with Gasteiger partial charge < -0.3 is 5.32 Å². The van der Waals surface area contributed by atoms with Crippen molar-refractivity contribution in [2.45, 2.75) is 38.1 Å². The predicted molar refractivity (Wildman–Crippen MR) is 98.8 cm³/mol. The molecule has 2 nitrogen and oxygen atoms in total. The van der Waals surface area contributed by atoms with E-state index < -0.39 is 0 Å². The van der Waals surface area contributed by atoms with Crippen molar-refractivity contribution in [1.29, 1.82) is 0 Å². The molecular weight excluding hydrogens is 294 g/mol. The average molecular weight is 319 g/mol. The molecule has 24 heavy (non-hydrogen) atoms. The van der Waals surface area contributed by atoms with Crippen LogP contribution in [0.5, 0.6) is 0 Å². The van der Waals surface area contributed by atoms with Gasteiger partial charge in [-0.25, -0.2) is 0 Å². The van der Waals surface area contributed by atoms with Gasteiger partial charge in [0.25, 0.3) is 0 Å². The van der Waals surface area contributed by atoms with Gasteiger partial charge in [0.05, 0.1) is 0 Å². The molecule has 2 aromatic carbocycles. The lowest BCUT2D eigenvalue weighted by Crippen LogP contribution is -2.41. The molecule has 1 aliphatic rings. The van der Waals surface area contributed by atoms with Gasteiger partial charge in [0, 0.05) is 17.9 Å². The monoisotopic (exact) mass is 319 g/mol. The van der Waals surface area contributed by atoms with Crippen molar-refractivity contribution in [3.8, 4) is 0 Å². The number of rotatable bonds is 5. The van der Waals surface area contributed by atoms with Crippen LogP contribution in [0.25, 0.3) is 0 Å². The summed E-state index contributed by atoms with van der Waals surface area (Å²) in [5.74, 6) is 0.462. The quantitative estimate of drug-likeness (QED) is 0.797. The summed E-state index contributed by atoms with van der Waals surface area (Å²) in [6.07, 6.45) is 7.12. The number of allylic oxidation sites excluding steroid dienone is 2. The third-order valence-corrected chi connectivity index (χ3v) is 4.83. The summed E-state index contributed by atoms with van der Waals surface area (Å²) in [6.45, 7) is 2.11. The minimum absolute atomic E-state index is 0.0493. The van der Waals surface area contributed by atoms with Crippen LogP contribution in [0.4, 0.5) is 0 Å². The van der Waals surface area contributed by atoms with Gasteiger partial charge in [-0.15, -0.1) is 0 Å². The molecule has 124 valence electrons. The number of hydrogen-bond donors (Lipinski definition) is 1. The number of amides is 1. The van der Waals surface area contributed by atoms with Crippen LogP contribution in [0.15, 0.2) is 72.8 Å². The van der Waals surface area contributed by atoms with E-state index >= 15 is 0 Å². The Labute approximate surface area is 144 Å². The van der Waals surface area contributed by atoms with E-state index in [1.54, 1.807) is 0 Å². The Hall–Kier alpha value is -2.35. The molecule has 0 aromatic heterocycles. The molecule has 2 heteroatoms. The number of carbonyl (C=O) groups is 1. The maximum atomic E-state index is 12.6. The molecule has 0 heterocycles. The molecule has 3 rings (SSSR count). The minimum atomic E-state index is 0.0493. The molecule has 1 aliphatic carbocycles. The maximum absolute atomic E-state index is 12.6. The number of carbonyl (C=O) groups excluding carboxylic acids is 1. The fraction of sp³-hybridized carbons (Fsp3) is 0.318. The Morgan fingerprint density at radius 1 is 0.958 bits per heavy atom. The molecular formula is C22H25NO. The molecule has 0 saturated carbocycles. The Morgan fingerprint density at radius 3 is 2.04 bits per heavy atom. The first-order chi connectivity index (χ1) is 11.8. The van der Waals surface area contributed by atoms with E-state index in [0.717, 1.165) is 19.3 Å². The van der Waals surface area contributed by atoms with Crippen LogP contribution in [-0.2, 0) is 4.79 Å². The number of benzene rings is 2. The van der Waals surface area contributed by atoms with E-state index in [1.165, 1.54) is 11.1 Å². The van der Waals surface area contributed by atoms with Crippen molar-refractivity contribution in [3.63, 3.8) is 0 Å². The standard InChI is InChI=1S/C22H25NO/c1-17(23-22(24)20-15-9-4-10-16-20)21(18-11-5-2-6-12-18)19-13-7-3-8-14-19/h2-9,11-14,17,20-21H,10,15-16H2,1H3,(H,23,24). The van der Waals surface area contributed by atoms with Gasteiger partial charge in [-0.05, 0) is 37.3 Å². The van der Waals surface area contributed by atoms with Crippen molar-refractivity contribution in [2.75, 3.05) is 0 Å². The Morgan fingerprint density at radius 2 is 1.54 bits per heavy atom. The lowest BCUT2D eigenvalue weighted by Gasteiger charge is -2.28. The van der Waals surface area contributed by atoms with Gasteiger partial charge in [0.1, 0.15) is 0 Å². The number of nitrogens with one attached hydrogen (secondary N) is 1. The summed E-state index contributed by atoms with van der Waals surface area (Å²) >= 11 is 0. The first kappa shape index (κ1) is 16.5. The van der Waals surface area contributed by atoms with Crippen LogP contribution in [0.1, 0.15) is 43.2 Å². The van der Waals surface area contributed by atoms with Crippen molar-refractivity contribution < 1.29 is 4.79 Å². The molecule has 0 saturated heterocycles. The molecule has 0 fully saturated rings. The zero-order valence-electron chi connectivity index (χ0n) is 14.2. The van der Waals surface area contributed by atoms with Crippen molar-refractivity contribution in [3.05, 3.63) is 83.9 Å². The second-order valence-electron chi connectivity index (χ2n) is 6.58. The summed E-state index contributed by atoms with van der Waals surface area (Å²) in [5.41, 5.74) is 2.47. The zero-order chi connectivity index (χ0) is 16.8. The normalized spacial score (nSPS) is 18.3. The van der Waals surface area contributed by atoms with E-state index in [1.807, 2.05) is 12.1 Å². The summed E-state index contributed by atoms with van der Waals surface area (Å²) in [5, 5.41) is 3.27. The summed E-state index contributed by atoms with van der Waals surface area (Å²) in [6, 6.07) is 20.9. The zero-order valence-corrected chi connectivity index (χ0v) is 14.2. The SMILES string of the molecule is CC(NC(=O)C1CC=CCC1)C(c1ccccc1)c1ccccc1. The largest absolute Gasteiger partial charge is 0.352 e. The Kier molecular flexibility index (Phi) is 5.47. The lowest BCUT2D eigenvalue weighted by atomic mass is 9.85. The van der Waals surface area contributed by atoms with Crippen LogP contribution in [0, 0.1) is 5.92 Å². The van der Waals surface area contributed by atoms with E-state index in [4.69, 9.17) is 0 Å². The highest BCUT2D eigenvalue weighted by Crippen LogP contribution is 2.28. The van der Waals surface area contributed by atoms with Gasteiger partial charge in [-0.1, -0.05) is 72.8 Å². The highest BCUT2D eigenvalue weighted by atomic mass is 16.1. The summed E-state index contributed by atoms with van der Waals surface area (Å²) in [4.78, 5) is 12.6. The molecule has 1 N–H and O–H groups in total. The van der Waals surface area contributed by atoms with E-state index in [-0.39, 0.29) is 23.8 Å². The molecule has 0 radical (unpaired) electrons. The van der Waals surface area contributed by atoms with Crippen LogP contribution < -0.4 is 5.32 Å². The first-order valence-corrected chi connectivity index (χ1v) is 8.81. The highest BCUT2D eigenvalue weighted by molar-refractivity contribution is 5.79. The Balaban J connectivity index is 1.80. The minimum Gasteiger partial charge on any atom is -0.352 e. The average Bonchev–Trinajstić information content (AvgIpc) is 2.64. The van der Waals surface area contributed by atoms with Crippen LogP contribution in [0.2, 0.25) is 0 Å². The first-order valence-electron chi connectivity index (χ1n) is 8.81. The van der Waals surface area contributed by atoms with Gasteiger partial charge >= 0.3 is 0 Å². The Bertz CT molecular complexity index is 638. The fourth-order valence-corrected chi connectivity index (χ4v) is 3.55. The van der Waals surface area contributed by atoms with E-state index in [0.29, 0.717) is 0 Å². The van der Waals surface area contributed by atoms with E-state index in [9.17, 15) is 4.79 Å². The van der Waals surface area contributed by atoms with Gasteiger partial charge in [-0.2, -0.15) is 0 Å². The van der Waals surface area contributed by atoms with Crippen LogP contribution in [0.3, 0.4) is 0 Å². The second kappa shape index (κ2) is 7.96. The molecule has 0 bridgehead atoms. The third-order valence-electron chi connectivity index (χ3n) is 4.83. The number of hydrogen-bond acceptors (Lipinski definition) is 1. The lowest BCUT2D eigenvalue weighted by molar-refractivity contribution is -0.125. The van der Waals surface area contributed by atoms with Crippen LogP contribution >= 0.6 is 0 Å². The summed E-state index contributed by atoms with van der Waals surface area (Å²) in [7, 11) is 0. The van der Waals surface area contributed by atoms with Gasteiger partial charge in [-0.3, -0.25) is 4.79 Å². The maximum Gasteiger partial charge on any atom is 0.223 e. The van der Waals surface area contributed by atoms with Crippen molar-refractivity contribution >= 4 is 5.91 Å². The van der Waals surface area contributed by atoms with Crippen molar-refractivity contribution in [2.24, 2.45) is 5.92 Å². The van der Waals surface area contributed by atoms with Crippen LogP contribution in [-0.4, -0.2) is 11.9 Å². The molecule has 0 aliphatic heterocycles. The summed E-state index contributed by atoms with van der Waals surface area (Å²) < 4.78 is 0. The molecule has 2 unspecified atom stereocenters.